The van der Waals surface area contributed by atoms with Crippen molar-refractivity contribution < 1.29 is 14.3 Å². The van der Waals surface area contributed by atoms with Crippen LogP contribution in [0.2, 0.25) is 0 Å². The standard InChI is InChI=1S/C16H19NO3/c1-2-11-6-7-14-13(9-11)15(18)16(19)17(14)10-12-5-3-4-8-20-12/h6-7,9,12H,2-5,8,10H2,1H3. The topological polar surface area (TPSA) is 46.6 Å². The van der Waals surface area contributed by atoms with Gasteiger partial charge in [-0.05, 0) is 43.4 Å². The lowest BCUT2D eigenvalue weighted by Gasteiger charge is -2.27. The summed E-state index contributed by atoms with van der Waals surface area (Å²) in [5, 5.41) is 0. The number of benzene rings is 1. The van der Waals surface area contributed by atoms with Gasteiger partial charge in [0.2, 0.25) is 0 Å². The fraction of sp³-hybridized carbons (Fsp3) is 0.500. The SMILES string of the molecule is CCc1ccc2c(c1)C(=O)C(=O)N2CC1CCCCO1. The molecule has 2 aliphatic rings. The van der Waals surface area contributed by atoms with Gasteiger partial charge >= 0.3 is 0 Å². The van der Waals surface area contributed by atoms with Gasteiger partial charge in [0.05, 0.1) is 23.9 Å². The van der Waals surface area contributed by atoms with Crippen molar-refractivity contribution in [2.75, 3.05) is 18.1 Å². The van der Waals surface area contributed by atoms with Crippen molar-refractivity contribution in [1.82, 2.24) is 0 Å². The average Bonchev–Trinajstić information content (AvgIpc) is 2.73. The third-order valence-corrected chi connectivity index (χ3v) is 4.10. The van der Waals surface area contributed by atoms with Gasteiger partial charge in [-0.15, -0.1) is 0 Å². The van der Waals surface area contributed by atoms with Gasteiger partial charge in [0.1, 0.15) is 0 Å². The number of carbonyl (C=O) groups is 2. The molecule has 0 radical (unpaired) electrons. The number of aryl methyl sites for hydroxylation is 1. The number of nitrogens with zero attached hydrogens (tertiary/aromatic N) is 1. The van der Waals surface area contributed by atoms with Crippen LogP contribution >= 0.6 is 0 Å². The molecule has 1 atom stereocenters. The van der Waals surface area contributed by atoms with E-state index in [4.69, 9.17) is 4.74 Å². The van der Waals surface area contributed by atoms with E-state index in [0.717, 1.165) is 43.5 Å². The van der Waals surface area contributed by atoms with Crippen molar-refractivity contribution in [2.24, 2.45) is 0 Å². The first-order chi connectivity index (χ1) is 9.70. The maximum Gasteiger partial charge on any atom is 0.299 e. The van der Waals surface area contributed by atoms with Crippen LogP contribution < -0.4 is 4.90 Å². The maximum atomic E-state index is 12.2. The summed E-state index contributed by atoms with van der Waals surface area (Å²) in [5.74, 6) is -0.798. The molecule has 20 heavy (non-hydrogen) atoms. The molecule has 0 aromatic heterocycles. The molecule has 2 aliphatic heterocycles. The molecule has 4 heteroatoms. The van der Waals surface area contributed by atoms with Crippen molar-refractivity contribution in [2.45, 2.75) is 38.7 Å². The van der Waals surface area contributed by atoms with Crippen molar-refractivity contribution in [3.05, 3.63) is 29.3 Å². The van der Waals surface area contributed by atoms with Crippen LogP contribution in [0.4, 0.5) is 5.69 Å². The number of Topliss-reactive ketones (excluding diaryl/α,β-unsaturated/α-hetero) is 1. The van der Waals surface area contributed by atoms with E-state index in [9.17, 15) is 9.59 Å². The summed E-state index contributed by atoms with van der Waals surface area (Å²) < 4.78 is 5.68. The van der Waals surface area contributed by atoms with E-state index in [-0.39, 0.29) is 11.9 Å². The highest BCUT2D eigenvalue weighted by molar-refractivity contribution is 6.52. The molecule has 0 saturated carbocycles. The minimum atomic E-state index is -0.414. The molecule has 2 heterocycles. The zero-order chi connectivity index (χ0) is 14.1. The van der Waals surface area contributed by atoms with Crippen molar-refractivity contribution in [3.63, 3.8) is 0 Å². The van der Waals surface area contributed by atoms with Crippen molar-refractivity contribution in [1.29, 1.82) is 0 Å². The number of fused-ring (bicyclic) bond motifs is 1. The Morgan fingerprint density at radius 2 is 2.15 bits per heavy atom. The van der Waals surface area contributed by atoms with Gasteiger partial charge in [-0.2, -0.15) is 0 Å². The van der Waals surface area contributed by atoms with Gasteiger partial charge in [-0.1, -0.05) is 13.0 Å². The molecule has 0 N–H and O–H groups in total. The number of amides is 1. The third kappa shape index (κ3) is 2.24. The summed E-state index contributed by atoms with van der Waals surface area (Å²) in [6.07, 6.45) is 4.08. The Hall–Kier alpha value is -1.68. The molecule has 0 aliphatic carbocycles. The highest BCUT2D eigenvalue weighted by atomic mass is 16.5. The second-order valence-corrected chi connectivity index (χ2v) is 5.44. The van der Waals surface area contributed by atoms with Crippen LogP contribution in [0, 0.1) is 0 Å². The molecule has 0 spiro atoms. The summed E-state index contributed by atoms with van der Waals surface area (Å²) in [7, 11) is 0. The first-order valence-corrected chi connectivity index (χ1v) is 7.31. The Balaban J connectivity index is 1.86. The van der Waals surface area contributed by atoms with Gasteiger partial charge in [0.25, 0.3) is 11.7 Å². The monoisotopic (exact) mass is 273 g/mol. The number of carbonyl (C=O) groups excluding carboxylic acids is 2. The Bertz CT molecular complexity index is 547. The van der Waals surface area contributed by atoms with E-state index in [1.54, 1.807) is 4.90 Å². The summed E-state index contributed by atoms with van der Waals surface area (Å²) in [6, 6.07) is 5.72. The molecule has 1 aromatic carbocycles. The molecule has 4 nitrogen and oxygen atoms in total. The minimum absolute atomic E-state index is 0.0531. The Morgan fingerprint density at radius 3 is 2.85 bits per heavy atom. The predicted octanol–water partition coefficient (Wildman–Crippen LogP) is 2.35. The van der Waals surface area contributed by atoms with E-state index >= 15 is 0 Å². The summed E-state index contributed by atoms with van der Waals surface area (Å²) in [4.78, 5) is 25.8. The lowest BCUT2D eigenvalue weighted by molar-refractivity contribution is -0.114. The lowest BCUT2D eigenvalue weighted by atomic mass is 10.1. The Kier molecular flexibility index (Phi) is 3.57. The fourth-order valence-electron chi connectivity index (χ4n) is 2.90. The molecular formula is C16H19NO3. The fourth-order valence-corrected chi connectivity index (χ4v) is 2.90. The molecule has 0 bridgehead atoms. The largest absolute Gasteiger partial charge is 0.376 e. The third-order valence-electron chi connectivity index (χ3n) is 4.10. The Morgan fingerprint density at radius 1 is 1.30 bits per heavy atom. The molecule has 1 fully saturated rings. The van der Waals surface area contributed by atoms with Crippen LogP contribution in [0.15, 0.2) is 18.2 Å². The van der Waals surface area contributed by atoms with E-state index in [1.807, 2.05) is 25.1 Å². The molecular weight excluding hydrogens is 254 g/mol. The quantitative estimate of drug-likeness (QED) is 0.794. The molecule has 3 rings (SSSR count). The van der Waals surface area contributed by atoms with Crippen LogP contribution in [0.3, 0.4) is 0 Å². The number of anilines is 1. The lowest BCUT2D eigenvalue weighted by Crippen LogP contribution is -2.39. The molecule has 1 unspecified atom stereocenters. The normalized spacial score (nSPS) is 22.2. The van der Waals surface area contributed by atoms with Gasteiger partial charge < -0.3 is 9.64 Å². The molecule has 1 saturated heterocycles. The van der Waals surface area contributed by atoms with Gasteiger partial charge in [0, 0.05) is 6.61 Å². The van der Waals surface area contributed by atoms with Crippen LogP contribution in [0.25, 0.3) is 0 Å². The van der Waals surface area contributed by atoms with Crippen LogP contribution in [0.5, 0.6) is 0 Å². The predicted molar refractivity (Wildman–Crippen MR) is 76.1 cm³/mol. The average molecular weight is 273 g/mol. The zero-order valence-electron chi connectivity index (χ0n) is 11.7. The first kappa shape index (κ1) is 13.3. The Labute approximate surface area is 118 Å². The first-order valence-electron chi connectivity index (χ1n) is 7.31. The number of ether oxygens (including phenoxy) is 1. The summed E-state index contributed by atoms with van der Waals surface area (Å²) >= 11 is 0. The van der Waals surface area contributed by atoms with Gasteiger partial charge in [-0.25, -0.2) is 0 Å². The van der Waals surface area contributed by atoms with Gasteiger partial charge in [0.15, 0.2) is 0 Å². The van der Waals surface area contributed by atoms with Crippen LogP contribution in [0.1, 0.15) is 42.1 Å². The number of hydrogen-bond acceptors (Lipinski definition) is 3. The van der Waals surface area contributed by atoms with Crippen LogP contribution in [-0.2, 0) is 16.0 Å². The van der Waals surface area contributed by atoms with Gasteiger partial charge in [-0.3, -0.25) is 9.59 Å². The number of ketones is 1. The minimum Gasteiger partial charge on any atom is -0.376 e. The molecule has 1 aromatic rings. The highest BCUT2D eigenvalue weighted by Crippen LogP contribution is 2.31. The summed E-state index contributed by atoms with van der Waals surface area (Å²) in [5.41, 5.74) is 2.37. The van der Waals surface area contributed by atoms with E-state index in [2.05, 4.69) is 0 Å². The summed E-state index contributed by atoms with van der Waals surface area (Å²) in [6.45, 7) is 3.28. The number of hydrogen-bond donors (Lipinski definition) is 0. The zero-order valence-corrected chi connectivity index (χ0v) is 11.7. The van der Waals surface area contributed by atoms with Crippen LogP contribution in [-0.4, -0.2) is 30.9 Å². The highest BCUT2D eigenvalue weighted by Gasteiger charge is 2.37. The van der Waals surface area contributed by atoms with Crippen molar-refractivity contribution in [3.8, 4) is 0 Å². The molecule has 1 amide bonds. The van der Waals surface area contributed by atoms with E-state index < -0.39 is 5.91 Å². The van der Waals surface area contributed by atoms with E-state index in [1.165, 1.54) is 0 Å². The maximum absolute atomic E-state index is 12.2. The van der Waals surface area contributed by atoms with E-state index in [0.29, 0.717) is 12.1 Å². The smallest absolute Gasteiger partial charge is 0.299 e. The molecule has 106 valence electrons. The number of rotatable bonds is 3. The second kappa shape index (κ2) is 5.37. The van der Waals surface area contributed by atoms with Crippen molar-refractivity contribution >= 4 is 17.4 Å². The second-order valence-electron chi connectivity index (χ2n) is 5.44.